The van der Waals surface area contributed by atoms with Crippen LogP contribution in [0.2, 0.25) is 0 Å². The molecule has 0 spiro atoms. The molecule has 0 unspecified atom stereocenters. The van der Waals surface area contributed by atoms with Gasteiger partial charge in [0.1, 0.15) is 12.2 Å². The Bertz CT molecular complexity index is 463. The van der Waals surface area contributed by atoms with Crippen molar-refractivity contribution in [2.75, 3.05) is 25.0 Å². The summed E-state index contributed by atoms with van der Waals surface area (Å²) in [6, 6.07) is 3.16. The number of alkyl halides is 3. The maximum atomic E-state index is 12.5. The van der Waals surface area contributed by atoms with Crippen molar-refractivity contribution in [1.82, 2.24) is 9.88 Å². The van der Waals surface area contributed by atoms with E-state index in [2.05, 4.69) is 10.3 Å². The highest BCUT2D eigenvalue weighted by Gasteiger charge is 2.33. The van der Waals surface area contributed by atoms with Crippen LogP contribution < -0.4 is 5.32 Å². The van der Waals surface area contributed by atoms with E-state index in [1.807, 2.05) is 6.92 Å². The number of amides is 1. The Kier molecular flexibility index (Phi) is 6.45. The smallest absolute Gasteiger partial charge is 0.385 e. The van der Waals surface area contributed by atoms with Gasteiger partial charge in [-0.3, -0.25) is 9.78 Å². The van der Waals surface area contributed by atoms with E-state index in [-0.39, 0.29) is 12.2 Å². The van der Waals surface area contributed by atoms with E-state index in [0.717, 1.165) is 17.9 Å². The van der Waals surface area contributed by atoms with Crippen molar-refractivity contribution < 1.29 is 18.0 Å². The summed E-state index contributed by atoms with van der Waals surface area (Å²) >= 11 is 0. The normalized spacial score (nSPS) is 11.3. The second-order valence-electron chi connectivity index (χ2n) is 4.70. The molecule has 0 aliphatic rings. The molecule has 0 fully saturated rings. The van der Waals surface area contributed by atoms with Crippen molar-refractivity contribution in [1.29, 1.82) is 0 Å². The Labute approximate surface area is 122 Å². The van der Waals surface area contributed by atoms with Crippen molar-refractivity contribution in [2.45, 2.75) is 32.9 Å². The zero-order valence-corrected chi connectivity index (χ0v) is 12.2. The van der Waals surface area contributed by atoms with Gasteiger partial charge in [-0.25, -0.2) is 0 Å². The predicted octanol–water partition coefficient (Wildman–Crippen LogP) is 3.32. The molecule has 1 aromatic heterocycles. The van der Waals surface area contributed by atoms with Gasteiger partial charge in [-0.05, 0) is 25.0 Å². The zero-order chi connectivity index (χ0) is 15.9. The van der Waals surface area contributed by atoms with Gasteiger partial charge in [0.05, 0.1) is 0 Å². The SMILES string of the molecule is CCCNc1ccnc(C(=O)N(CCC)CC(F)(F)F)c1. The lowest BCUT2D eigenvalue weighted by Crippen LogP contribution is -2.39. The van der Waals surface area contributed by atoms with Crippen LogP contribution in [0.25, 0.3) is 0 Å². The number of carbonyl (C=O) groups is 1. The van der Waals surface area contributed by atoms with Crippen molar-refractivity contribution in [2.24, 2.45) is 0 Å². The van der Waals surface area contributed by atoms with Gasteiger partial charge in [0.15, 0.2) is 0 Å². The van der Waals surface area contributed by atoms with Gasteiger partial charge >= 0.3 is 6.18 Å². The number of anilines is 1. The van der Waals surface area contributed by atoms with Gasteiger partial charge in [0.2, 0.25) is 0 Å². The van der Waals surface area contributed by atoms with Crippen LogP contribution in [-0.4, -0.2) is 41.6 Å². The minimum Gasteiger partial charge on any atom is -0.385 e. The Hall–Kier alpha value is -1.79. The van der Waals surface area contributed by atoms with Gasteiger partial charge < -0.3 is 10.2 Å². The number of nitrogens with zero attached hydrogens (tertiary/aromatic N) is 2. The summed E-state index contributed by atoms with van der Waals surface area (Å²) in [6.07, 6.45) is -1.64. The molecule has 4 nitrogen and oxygen atoms in total. The molecule has 0 saturated heterocycles. The van der Waals surface area contributed by atoms with E-state index in [4.69, 9.17) is 0 Å². The first-order valence-electron chi connectivity index (χ1n) is 6.93. The Morgan fingerprint density at radius 1 is 1.33 bits per heavy atom. The van der Waals surface area contributed by atoms with E-state index < -0.39 is 18.6 Å². The van der Waals surface area contributed by atoms with Crippen LogP contribution in [0.15, 0.2) is 18.3 Å². The lowest BCUT2D eigenvalue weighted by atomic mass is 10.2. The molecular formula is C14H20F3N3O. The van der Waals surface area contributed by atoms with Gasteiger partial charge in [-0.2, -0.15) is 13.2 Å². The zero-order valence-electron chi connectivity index (χ0n) is 12.2. The van der Waals surface area contributed by atoms with Crippen LogP contribution in [-0.2, 0) is 0 Å². The molecular weight excluding hydrogens is 283 g/mol. The molecule has 0 bridgehead atoms. The fraction of sp³-hybridized carbons (Fsp3) is 0.571. The molecule has 0 aromatic carbocycles. The average Bonchev–Trinajstić information content (AvgIpc) is 2.43. The van der Waals surface area contributed by atoms with Gasteiger partial charge in [0, 0.05) is 25.0 Å². The maximum absolute atomic E-state index is 12.5. The molecule has 1 amide bonds. The maximum Gasteiger partial charge on any atom is 0.406 e. The second kappa shape index (κ2) is 7.85. The lowest BCUT2D eigenvalue weighted by molar-refractivity contribution is -0.140. The van der Waals surface area contributed by atoms with Crippen molar-refractivity contribution in [3.63, 3.8) is 0 Å². The van der Waals surface area contributed by atoms with Crippen LogP contribution in [0.1, 0.15) is 37.2 Å². The second-order valence-corrected chi connectivity index (χ2v) is 4.70. The molecule has 0 aliphatic heterocycles. The van der Waals surface area contributed by atoms with Crippen molar-refractivity contribution in [3.8, 4) is 0 Å². The van der Waals surface area contributed by atoms with Gasteiger partial charge in [0.25, 0.3) is 5.91 Å². The Balaban J connectivity index is 2.87. The number of pyridine rings is 1. The van der Waals surface area contributed by atoms with E-state index in [9.17, 15) is 18.0 Å². The summed E-state index contributed by atoms with van der Waals surface area (Å²) in [4.78, 5) is 16.8. The fourth-order valence-corrected chi connectivity index (χ4v) is 1.83. The van der Waals surface area contributed by atoms with E-state index in [1.54, 1.807) is 13.0 Å². The number of hydrogen-bond donors (Lipinski definition) is 1. The Morgan fingerprint density at radius 3 is 2.62 bits per heavy atom. The summed E-state index contributed by atoms with van der Waals surface area (Å²) in [5.41, 5.74) is 0.701. The number of hydrogen-bond acceptors (Lipinski definition) is 3. The first kappa shape index (κ1) is 17.3. The molecule has 7 heteroatoms. The average molecular weight is 303 g/mol. The van der Waals surface area contributed by atoms with Crippen LogP contribution >= 0.6 is 0 Å². The molecule has 1 N–H and O–H groups in total. The molecule has 0 atom stereocenters. The summed E-state index contributed by atoms with van der Waals surface area (Å²) in [6.45, 7) is 3.23. The number of nitrogens with one attached hydrogen (secondary N) is 1. The third kappa shape index (κ3) is 6.01. The third-order valence-electron chi connectivity index (χ3n) is 2.71. The van der Waals surface area contributed by atoms with Crippen molar-refractivity contribution >= 4 is 11.6 Å². The van der Waals surface area contributed by atoms with Gasteiger partial charge in [-0.1, -0.05) is 13.8 Å². The molecule has 1 aromatic rings. The molecule has 1 rings (SSSR count). The number of carbonyl (C=O) groups excluding carboxylic acids is 1. The highest BCUT2D eigenvalue weighted by molar-refractivity contribution is 5.93. The van der Waals surface area contributed by atoms with Crippen LogP contribution in [0.5, 0.6) is 0 Å². The van der Waals surface area contributed by atoms with Crippen LogP contribution in [0.4, 0.5) is 18.9 Å². The molecule has 0 aliphatic carbocycles. The third-order valence-corrected chi connectivity index (χ3v) is 2.71. The molecule has 0 saturated carbocycles. The number of halogens is 3. The molecule has 1 heterocycles. The first-order chi connectivity index (χ1) is 9.87. The lowest BCUT2D eigenvalue weighted by Gasteiger charge is -2.23. The first-order valence-corrected chi connectivity index (χ1v) is 6.93. The minimum atomic E-state index is -4.41. The number of rotatable bonds is 7. The quantitative estimate of drug-likeness (QED) is 0.840. The van der Waals surface area contributed by atoms with Crippen molar-refractivity contribution in [3.05, 3.63) is 24.0 Å². The molecule has 21 heavy (non-hydrogen) atoms. The Morgan fingerprint density at radius 2 is 2.05 bits per heavy atom. The fourth-order valence-electron chi connectivity index (χ4n) is 1.83. The van der Waals surface area contributed by atoms with E-state index in [1.165, 1.54) is 12.3 Å². The van der Waals surface area contributed by atoms with Crippen LogP contribution in [0, 0.1) is 0 Å². The molecule has 0 radical (unpaired) electrons. The largest absolute Gasteiger partial charge is 0.406 e. The summed E-state index contributed by atoms with van der Waals surface area (Å²) in [7, 11) is 0. The molecule has 118 valence electrons. The van der Waals surface area contributed by atoms with Gasteiger partial charge in [-0.15, -0.1) is 0 Å². The monoisotopic (exact) mass is 303 g/mol. The highest BCUT2D eigenvalue weighted by atomic mass is 19.4. The number of aromatic nitrogens is 1. The summed E-state index contributed by atoms with van der Waals surface area (Å²) < 4.78 is 37.6. The van der Waals surface area contributed by atoms with E-state index >= 15 is 0 Å². The minimum absolute atomic E-state index is 0.0220. The van der Waals surface area contributed by atoms with Crippen LogP contribution in [0.3, 0.4) is 0 Å². The standard InChI is InChI=1S/C14H20F3N3O/c1-3-6-18-11-5-7-19-12(9-11)13(21)20(8-4-2)10-14(15,16)17/h5,7,9H,3-4,6,8,10H2,1-2H3,(H,18,19). The predicted molar refractivity (Wildman–Crippen MR) is 75.3 cm³/mol. The topological polar surface area (TPSA) is 45.2 Å². The summed E-state index contributed by atoms with van der Waals surface area (Å²) in [5.74, 6) is -0.700. The highest BCUT2D eigenvalue weighted by Crippen LogP contribution is 2.19. The summed E-state index contributed by atoms with van der Waals surface area (Å²) in [5, 5.41) is 3.08. The van der Waals surface area contributed by atoms with E-state index in [0.29, 0.717) is 12.1 Å².